The number of para-hydroxylation sites is 2. The van der Waals surface area contributed by atoms with E-state index >= 15 is 0 Å². The van der Waals surface area contributed by atoms with Gasteiger partial charge in [0.15, 0.2) is 0 Å². The van der Waals surface area contributed by atoms with Crippen molar-refractivity contribution in [2.24, 2.45) is 0 Å². The molecule has 0 bridgehead atoms. The van der Waals surface area contributed by atoms with Crippen molar-refractivity contribution >= 4 is 31.2 Å². The second-order valence-corrected chi connectivity index (χ2v) is 8.69. The summed E-state index contributed by atoms with van der Waals surface area (Å²) in [7, 11) is -2.04. The van der Waals surface area contributed by atoms with Crippen LogP contribution in [0.5, 0.6) is 11.5 Å². The van der Waals surface area contributed by atoms with Gasteiger partial charge in [-0.15, -0.1) is 4.52 Å². The van der Waals surface area contributed by atoms with Crippen LogP contribution >= 0.6 is 31.2 Å². The van der Waals surface area contributed by atoms with Gasteiger partial charge >= 0.3 is 8.03 Å². The van der Waals surface area contributed by atoms with Crippen molar-refractivity contribution in [1.82, 2.24) is 0 Å². The molecule has 2 atom stereocenters. The Morgan fingerprint density at radius 2 is 1.40 bits per heavy atom. The molecular weight excluding hydrogens is 442 g/mol. The number of hydrogen-bond donors (Lipinski definition) is 0. The summed E-state index contributed by atoms with van der Waals surface area (Å²) in [6, 6.07) is 23.9. The molecule has 0 N–H and O–H groups in total. The minimum Gasteiger partial charge on any atom is -0.455 e. The lowest BCUT2D eigenvalue weighted by Crippen LogP contribution is -2.26. The molecule has 3 aromatic rings. The molecule has 0 fully saturated rings. The highest BCUT2D eigenvalue weighted by atomic mass is 35.5. The average Bonchev–Trinajstić information content (AvgIpc) is 2.75. The SMILES string of the molecule is CCO[P+](=O)C(CC(Oc1ccccc1)Oc1ccccc1)c1ccc(Cl)c(Cl)c1. The van der Waals surface area contributed by atoms with Crippen molar-refractivity contribution in [3.05, 3.63) is 94.5 Å². The summed E-state index contributed by atoms with van der Waals surface area (Å²) in [5.41, 5.74) is 0.254. The quantitative estimate of drug-likeness (QED) is 0.228. The lowest BCUT2D eigenvalue weighted by molar-refractivity contribution is -0.00192. The first-order valence-corrected chi connectivity index (χ1v) is 11.5. The molecule has 3 aromatic carbocycles. The predicted octanol–water partition coefficient (Wildman–Crippen LogP) is 7.69. The molecule has 0 amide bonds. The highest BCUT2D eigenvalue weighted by Crippen LogP contribution is 2.46. The van der Waals surface area contributed by atoms with E-state index in [1.807, 2.05) is 60.7 Å². The first-order valence-electron chi connectivity index (χ1n) is 9.54. The zero-order valence-corrected chi connectivity index (χ0v) is 18.8. The highest BCUT2D eigenvalue weighted by Gasteiger charge is 2.38. The molecule has 3 rings (SSSR count). The van der Waals surface area contributed by atoms with Gasteiger partial charge < -0.3 is 9.47 Å². The van der Waals surface area contributed by atoms with Crippen LogP contribution in [0.25, 0.3) is 0 Å². The van der Waals surface area contributed by atoms with Gasteiger partial charge in [0, 0.05) is 5.56 Å². The highest BCUT2D eigenvalue weighted by molar-refractivity contribution is 7.39. The summed E-state index contributed by atoms with van der Waals surface area (Å²) >= 11 is 12.3. The van der Waals surface area contributed by atoms with Crippen molar-refractivity contribution in [2.75, 3.05) is 6.61 Å². The number of halogens is 2. The van der Waals surface area contributed by atoms with E-state index in [0.717, 1.165) is 5.56 Å². The molecule has 2 unspecified atom stereocenters. The van der Waals surface area contributed by atoms with Crippen LogP contribution in [-0.4, -0.2) is 12.9 Å². The molecule has 0 heterocycles. The minimum absolute atomic E-state index is 0.289. The third-order valence-corrected chi connectivity index (χ3v) is 6.55. The van der Waals surface area contributed by atoms with E-state index in [1.165, 1.54) is 0 Å². The number of rotatable bonds is 10. The van der Waals surface area contributed by atoms with Gasteiger partial charge in [-0.3, -0.25) is 0 Å². The predicted molar refractivity (Wildman–Crippen MR) is 121 cm³/mol. The van der Waals surface area contributed by atoms with Crippen LogP contribution in [0.15, 0.2) is 78.9 Å². The molecule has 0 saturated carbocycles. The van der Waals surface area contributed by atoms with Gasteiger partial charge in [0.25, 0.3) is 0 Å². The van der Waals surface area contributed by atoms with Crippen LogP contribution in [0, 0.1) is 0 Å². The van der Waals surface area contributed by atoms with E-state index in [-0.39, 0.29) is 6.42 Å². The van der Waals surface area contributed by atoms with Crippen LogP contribution in [-0.2, 0) is 9.09 Å². The molecule has 4 nitrogen and oxygen atoms in total. The third kappa shape index (κ3) is 6.45. The Bertz CT molecular complexity index is 912. The summed E-state index contributed by atoms with van der Waals surface area (Å²) in [6.07, 6.45) is -0.412. The maximum atomic E-state index is 12.9. The fraction of sp³-hybridized carbons (Fsp3) is 0.217. The molecule has 0 spiro atoms. The van der Waals surface area contributed by atoms with Crippen LogP contribution < -0.4 is 9.47 Å². The molecular formula is C23H22Cl2O4P+. The summed E-state index contributed by atoms with van der Waals surface area (Å²) in [6.45, 7) is 2.13. The molecule has 7 heteroatoms. The fourth-order valence-electron chi connectivity index (χ4n) is 2.88. The lowest BCUT2D eigenvalue weighted by atomic mass is 10.1. The zero-order valence-electron chi connectivity index (χ0n) is 16.4. The first kappa shape index (κ1) is 22.6. The molecule has 0 saturated heterocycles. The van der Waals surface area contributed by atoms with Gasteiger partial charge in [0.2, 0.25) is 11.9 Å². The van der Waals surface area contributed by atoms with Gasteiger partial charge in [-0.05, 0) is 47.9 Å². The Balaban J connectivity index is 1.89. The zero-order chi connectivity index (χ0) is 21.3. The molecule has 0 aliphatic rings. The Labute approximate surface area is 187 Å². The second-order valence-electron chi connectivity index (χ2n) is 6.42. The molecule has 0 radical (unpaired) electrons. The second kappa shape index (κ2) is 11.3. The van der Waals surface area contributed by atoms with E-state index in [1.54, 1.807) is 25.1 Å². The van der Waals surface area contributed by atoms with E-state index in [9.17, 15) is 4.57 Å². The van der Waals surface area contributed by atoms with Crippen molar-refractivity contribution < 1.29 is 18.6 Å². The van der Waals surface area contributed by atoms with Crippen molar-refractivity contribution in [3.8, 4) is 11.5 Å². The van der Waals surface area contributed by atoms with Crippen LogP contribution in [0.3, 0.4) is 0 Å². The van der Waals surface area contributed by atoms with E-state index < -0.39 is 20.0 Å². The molecule has 0 aromatic heterocycles. The van der Waals surface area contributed by atoms with Crippen molar-refractivity contribution in [3.63, 3.8) is 0 Å². The van der Waals surface area contributed by atoms with Crippen LogP contribution in [0.1, 0.15) is 24.6 Å². The number of ether oxygens (including phenoxy) is 2. The van der Waals surface area contributed by atoms with Crippen molar-refractivity contribution in [1.29, 1.82) is 0 Å². The molecule has 156 valence electrons. The largest absolute Gasteiger partial charge is 0.516 e. The minimum atomic E-state index is -2.04. The maximum absolute atomic E-state index is 12.9. The van der Waals surface area contributed by atoms with Gasteiger partial charge in [-0.2, -0.15) is 0 Å². The standard InChI is InChI=1S/C23H22Cl2O4P/c1-2-27-30(26)22(17-13-14-20(24)21(25)15-17)16-23(28-18-9-5-3-6-10-18)29-19-11-7-4-8-12-19/h3-15,22-23H,2,16H2,1H3/q+1. The number of hydrogen-bond acceptors (Lipinski definition) is 4. The van der Waals surface area contributed by atoms with Gasteiger partial charge in [-0.25, -0.2) is 0 Å². The summed E-state index contributed by atoms with van der Waals surface area (Å²) in [4.78, 5) is 0. The molecule has 0 aliphatic heterocycles. The van der Waals surface area contributed by atoms with E-state index in [2.05, 4.69) is 0 Å². The van der Waals surface area contributed by atoms with Gasteiger partial charge in [0.1, 0.15) is 11.5 Å². The summed E-state index contributed by atoms with van der Waals surface area (Å²) < 4.78 is 30.5. The Hall–Kier alpha value is -2.10. The van der Waals surface area contributed by atoms with Crippen molar-refractivity contribution in [2.45, 2.75) is 25.3 Å². The van der Waals surface area contributed by atoms with E-state index in [4.69, 9.17) is 37.2 Å². The lowest BCUT2D eigenvalue weighted by Gasteiger charge is -2.21. The summed E-state index contributed by atoms with van der Waals surface area (Å²) in [5.74, 6) is 1.30. The smallest absolute Gasteiger partial charge is 0.455 e. The molecule has 30 heavy (non-hydrogen) atoms. The normalized spacial score (nSPS) is 12.5. The number of benzene rings is 3. The Kier molecular flexibility index (Phi) is 8.53. The maximum Gasteiger partial charge on any atom is 0.516 e. The average molecular weight is 464 g/mol. The monoisotopic (exact) mass is 463 g/mol. The van der Waals surface area contributed by atoms with E-state index in [0.29, 0.717) is 28.2 Å². The fourth-order valence-corrected chi connectivity index (χ4v) is 4.37. The Morgan fingerprint density at radius 1 is 0.833 bits per heavy atom. The van der Waals surface area contributed by atoms with Gasteiger partial charge in [0.05, 0.1) is 23.1 Å². The topological polar surface area (TPSA) is 44.8 Å². The third-order valence-electron chi connectivity index (χ3n) is 4.28. The van der Waals surface area contributed by atoms with Crippen LogP contribution in [0.2, 0.25) is 10.0 Å². The molecule has 0 aliphatic carbocycles. The van der Waals surface area contributed by atoms with Crippen LogP contribution in [0.4, 0.5) is 0 Å². The van der Waals surface area contributed by atoms with Gasteiger partial charge in [-0.1, -0.05) is 65.7 Å². The Morgan fingerprint density at radius 3 is 1.90 bits per heavy atom. The first-order chi connectivity index (χ1) is 14.6. The summed E-state index contributed by atoms with van der Waals surface area (Å²) in [5, 5.41) is 0.826.